The lowest BCUT2D eigenvalue weighted by molar-refractivity contribution is -0.385. The number of aromatic nitrogens is 1. The van der Waals surface area contributed by atoms with E-state index in [1.165, 1.54) is 25.3 Å². The molecule has 2 rings (SSSR count). The van der Waals surface area contributed by atoms with Crippen LogP contribution in [-0.2, 0) is 6.61 Å². The van der Waals surface area contributed by atoms with Crippen molar-refractivity contribution in [2.45, 2.75) is 6.61 Å². The van der Waals surface area contributed by atoms with Gasteiger partial charge in [-0.05, 0) is 12.1 Å². The highest BCUT2D eigenvalue weighted by molar-refractivity contribution is 5.49. The Morgan fingerprint density at radius 2 is 2.19 bits per heavy atom. The molecule has 0 aliphatic heterocycles. The summed E-state index contributed by atoms with van der Waals surface area (Å²) < 4.78 is 10.7. The van der Waals surface area contributed by atoms with Crippen LogP contribution in [-0.4, -0.2) is 17.0 Å². The van der Waals surface area contributed by atoms with E-state index in [1.54, 1.807) is 18.3 Å². The maximum atomic E-state index is 10.7. The lowest BCUT2D eigenvalue weighted by Gasteiger charge is -2.12. The lowest BCUT2D eigenvalue weighted by Crippen LogP contribution is -2.12. The Balaban J connectivity index is 2.18. The second-order valence-electron chi connectivity index (χ2n) is 4.04. The van der Waals surface area contributed by atoms with E-state index < -0.39 is 4.92 Å². The van der Waals surface area contributed by atoms with Gasteiger partial charge in [0.2, 0.25) is 0 Å². The van der Waals surface area contributed by atoms with Crippen LogP contribution in [0.5, 0.6) is 11.5 Å². The number of hydrazine groups is 1. The van der Waals surface area contributed by atoms with Crippen molar-refractivity contribution >= 4 is 11.5 Å². The van der Waals surface area contributed by atoms with E-state index in [1.807, 2.05) is 0 Å². The number of anilines is 1. The normalized spacial score (nSPS) is 10.0. The number of nitrogens with zero attached hydrogens (tertiary/aromatic N) is 2. The van der Waals surface area contributed by atoms with Gasteiger partial charge in [-0.15, -0.1) is 0 Å². The Morgan fingerprint density at radius 3 is 2.86 bits per heavy atom. The average Bonchev–Trinajstić information content (AvgIpc) is 2.52. The van der Waals surface area contributed by atoms with Gasteiger partial charge in [0.15, 0.2) is 11.5 Å². The maximum absolute atomic E-state index is 10.7. The van der Waals surface area contributed by atoms with Crippen LogP contribution in [0, 0.1) is 10.1 Å². The van der Waals surface area contributed by atoms with Crippen LogP contribution < -0.4 is 20.7 Å². The Kier molecular flexibility index (Phi) is 4.52. The monoisotopic (exact) mass is 290 g/mol. The standard InChI is InChI=1S/C13H14N4O4/c1-20-12-7-10(17(18)19)4-5-11(12)21-8-9-3-2-6-15-13(9)16-14/h2-7H,8,14H2,1H3,(H,15,16). The molecule has 0 spiro atoms. The number of hydrogen-bond donors (Lipinski definition) is 2. The number of nitrogens with one attached hydrogen (secondary N) is 1. The van der Waals surface area contributed by atoms with E-state index in [4.69, 9.17) is 15.3 Å². The molecule has 0 bridgehead atoms. The first-order valence-electron chi connectivity index (χ1n) is 6.01. The molecule has 0 aliphatic rings. The van der Waals surface area contributed by atoms with Crippen LogP contribution in [0.3, 0.4) is 0 Å². The Morgan fingerprint density at radius 1 is 1.38 bits per heavy atom. The molecular weight excluding hydrogens is 276 g/mol. The first-order valence-corrected chi connectivity index (χ1v) is 6.01. The van der Waals surface area contributed by atoms with Crippen LogP contribution in [0.4, 0.5) is 11.5 Å². The summed E-state index contributed by atoms with van der Waals surface area (Å²) in [6.07, 6.45) is 1.60. The first kappa shape index (κ1) is 14.5. The summed E-state index contributed by atoms with van der Waals surface area (Å²) in [4.78, 5) is 14.3. The molecule has 0 atom stereocenters. The second-order valence-corrected chi connectivity index (χ2v) is 4.04. The van der Waals surface area contributed by atoms with E-state index >= 15 is 0 Å². The Hall–Kier alpha value is -2.87. The van der Waals surface area contributed by atoms with Gasteiger partial charge in [-0.25, -0.2) is 10.8 Å². The van der Waals surface area contributed by atoms with Crippen LogP contribution in [0.25, 0.3) is 0 Å². The van der Waals surface area contributed by atoms with E-state index in [0.29, 0.717) is 11.6 Å². The summed E-state index contributed by atoms with van der Waals surface area (Å²) in [6, 6.07) is 7.71. The topological polar surface area (TPSA) is 113 Å². The quantitative estimate of drug-likeness (QED) is 0.474. The summed E-state index contributed by atoms with van der Waals surface area (Å²) in [7, 11) is 1.42. The zero-order chi connectivity index (χ0) is 15.2. The Bertz CT molecular complexity index is 648. The molecule has 1 aromatic heterocycles. The number of ether oxygens (including phenoxy) is 2. The van der Waals surface area contributed by atoms with Gasteiger partial charge in [-0.2, -0.15) is 0 Å². The lowest BCUT2D eigenvalue weighted by atomic mass is 10.2. The molecule has 8 heteroatoms. The van der Waals surface area contributed by atoms with E-state index in [2.05, 4.69) is 10.4 Å². The number of rotatable bonds is 6. The predicted octanol–water partition coefficient (Wildman–Crippen LogP) is 1.86. The zero-order valence-corrected chi connectivity index (χ0v) is 11.3. The smallest absolute Gasteiger partial charge is 0.273 e. The molecule has 0 amide bonds. The minimum Gasteiger partial charge on any atom is -0.493 e. The summed E-state index contributed by atoms with van der Waals surface area (Å²) in [6.45, 7) is 0.196. The van der Waals surface area contributed by atoms with Gasteiger partial charge in [-0.1, -0.05) is 6.07 Å². The highest BCUT2D eigenvalue weighted by atomic mass is 16.6. The fourth-order valence-electron chi connectivity index (χ4n) is 1.73. The molecule has 0 radical (unpaired) electrons. The molecule has 21 heavy (non-hydrogen) atoms. The molecule has 3 N–H and O–H groups in total. The van der Waals surface area contributed by atoms with Crippen molar-refractivity contribution in [1.82, 2.24) is 4.98 Å². The number of pyridine rings is 1. The van der Waals surface area contributed by atoms with Crippen molar-refractivity contribution in [1.29, 1.82) is 0 Å². The van der Waals surface area contributed by atoms with Gasteiger partial charge < -0.3 is 14.9 Å². The number of nitro benzene ring substituents is 1. The largest absolute Gasteiger partial charge is 0.493 e. The number of hydrogen-bond acceptors (Lipinski definition) is 7. The van der Waals surface area contributed by atoms with E-state index in [-0.39, 0.29) is 18.0 Å². The molecule has 8 nitrogen and oxygen atoms in total. The van der Waals surface area contributed by atoms with Crippen molar-refractivity contribution < 1.29 is 14.4 Å². The molecule has 0 fully saturated rings. The van der Waals surface area contributed by atoms with Crippen LogP contribution >= 0.6 is 0 Å². The fraction of sp³-hybridized carbons (Fsp3) is 0.154. The van der Waals surface area contributed by atoms with Gasteiger partial charge in [-0.3, -0.25) is 10.1 Å². The van der Waals surface area contributed by atoms with Crippen LogP contribution in [0.15, 0.2) is 36.5 Å². The van der Waals surface area contributed by atoms with E-state index in [9.17, 15) is 10.1 Å². The highest BCUT2D eigenvalue weighted by Gasteiger charge is 2.13. The number of nitrogen functional groups attached to an aromatic ring is 1. The fourth-order valence-corrected chi connectivity index (χ4v) is 1.73. The van der Waals surface area contributed by atoms with Crippen molar-refractivity contribution in [2.24, 2.45) is 5.84 Å². The average molecular weight is 290 g/mol. The molecule has 110 valence electrons. The zero-order valence-electron chi connectivity index (χ0n) is 11.3. The molecule has 1 aromatic carbocycles. The minimum absolute atomic E-state index is 0.0649. The van der Waals surface area contributed by atoms with Crippen molar-refractivity contribution in [3.05, 3.63) is 52.2 Å². The molecular formula is C13H14N4O4. The summed E-state index contributed by atoms with van der Waals surface area (Å²) in [5, 5.41) is 10.7. The van der Waals surface area contributed by atoms with Crippen LogP contribution in [0.1, 0.15) is 5.56 Å². The number of nitro groups is 1. The first-order chi connectivity index (χ1) is 10.2. The molecule has 0 saturated carbocycles. The predicted molar refractivity (Wildman–Crippen MR) is 76.0 cm³/mol. The highest BCUT2D eigenvalue weighted by Crippen LogP contribution is 2.31. The van der Waals surface area contributed by atoms with Crippen molar-refractivity contribution in [3.63, 3.8) is 0 Å². The molecule has 0 aliphatic carbocycles. The number of non-ortho nitro benzene ring substituents is 1. The van der Waals surface area contributed by atoms with Gasteiger partial charge >= 0.3 is 0 Å². The molecule has 0 unspecified atom stereocenters. The van der Waals surface area contributed by atoms with Crippen LogP contribution in [0.2, 0.25) is 0 Å². The van der Waals surface area contributed by atoms with E-state index in [0.717, 1.165) is 5.56 Å². The second kappa shape index (κ2) is 6.53. The summed E-state index contributed by atoms with van der Waals surface area (Å²) in [5.41, 5.74) is 3.16. The summed E-state index contributed by atoms with van der Waals surface area (Å²) >= 11 is 0. The van der Waals surface area contributed by atoms with Gasteiger partial charge in [0.05, 0.1) is 18.1 Å². The number of benzene rings is 1. The van der Waals surface area contributed by atoms with Gasteiger partial charge in [0.1, 0.15) is 12.4 Å². The molecule has 0 saturated heterocycles. The number of nitrogens with two attached hydrogens (primary N) is 1. The van der Waals surface area contributed by atoms with Gasteiger partial charge in [0.25, 0.3) is 5.69 Å². The third-order valence-corrected chi connectivity index (χ3v) is 2.77. The Labute approximate surface area is 120 Å². The van der Waals surface area contributed by atoms with Gasteiger partial charge in [0, 0.05) is 17.8 Å². The molecule has 2 aromatic rings. The third-order valence-electron chi connectivity index (χ3n) is 2.77. The molecule has 1 heterocycles. The third kappa shape index (κ3) is 3.37. The van der Waals surface area contributed by atoms with Crippen molar-refractivity contribution in [3.8, 4) is 11.5 Å². The van der Waals surface area contributed by atoms with Crippen molar-refractivity contribution in [2.75, 3.05) is 12.5 Å². The maximum Gasteiger partial charge on any atom is 0.273 e. The SMILES string of the molecule is COc1cc([N+](=O)[O-])ccc1OCc1cccnc1NN. The summed E-state index contributed by atoms with van der Waals surface area (Å²) in [5.74, 6) is 6.55. The minimum atomic E-state index is -0.496. The number of methoxy groups -OCH3 is 1.